The van der Waals surface area contributed by atoms with Crippen LogP contribution in [-0.2, 0) is 11.3 Å². The second kappa shape index (κ2) is 8.13. The molecule has 27 heavy (non-hydrogen) atoms. The molecule has 1 aromatic heterocycles. The van der Waals surface area contributed by atoms with E-state index >= 15 is 0 Å². The maximum Gasteiger partial charge on any atom is 0.277 e. The first-order valence-corrected chi connectivity index (χ1v) is 8.26. The van der Waals surface area contributed by atoms with Gasteiger partial charge in [-0.05, 0) is 23.8 Å². The maximum absolute atomic E-state index is 12.5. The zero-order valence-electron chi connectivity index (χ0n) is 15.0. The number of methoxy groups -OCH3 is 1. The van der Waals surface area contributed by atoms with Gasteiger partial charge in [-0.15, -0.1) is 5.10 Å². The lowest BCUT2D eigenvalue weighted by molar-refractivity contribution is -0.114. The molecule has 8 nitrogen and oxygen atoms in total. The molecular weight excluding hydrogens is 346 g/mol. The molecule has 0 spiro atoms. The number of hydrogen-bond donors (Lipinski definition) is 2. The van der Waals surface area contributed by atoms with Crippen molar-refractivity contribution in [1.82, 2.24) is 15.0 Å². The van der Waals surface area contributed by atoms with Gasteiger partial charge in [0.25, 0.3) is 5.91 Å². The van der Waals surface area contributed by atoms with Crippen LogP contribution in [0, 0.1) is 0 Å². The molecule has 0 bridgehead atoms. The molecule has 0 fully saturated rings. The van der Waals surface area contributed by atoms with E-state index in [0.29, 0.717) is 23.7 Å². The third kappa shape index (κ3) is 4.69. The minimum atomic E-state index is -0.424. The summed E-state index contributed by atoms with van der Waals surface area (Å²) in [5, 5.41) is 13.3. The molecule has 3 rings (SSSR count). The number of amides is 2. The molecule has 0 unspecified atom stereocenters. The maximum atomic E-state index is 12.5. The molecule has 2 amide bonds. The lowest BCUT2D eigenvalue weighted by atomic mass is 10.2. The summed E-state index contributed by atoms with van der Waals surface area (Å²) in [6.45, 7) is 1.93. The fraction of sp³-hybridized carbons (Fsp3) is 0.158. The van der Waals surface area contributed by atoms with Gasteiger partial charge in [0.15, 0.2) is 5.69 Å². The normalized spacial score (nSPS) is 10.3. The van der Waals surface area contributed by atoms with Crippen LogP contribution in [0.3, 0.4) is 0 Å². The minimum Gasteiger partial charge on any atom is -0.495 e. The van der Waals surface area contributed by atoms with Gasteiger partial charge in [-0.1, -0.05) is 35.5 Å². The van der Waals surface area contributed by atoms with Crippen molar-refractivity contribution >= 4 is 23.2 Å². The topological polar surface area (TPSA) is 98.1 Å². The first-order valence-electron chi connectivity index (χ1n) is 8.26. The largest absolute Gasteiger partial charge is 0.495 e. The zero-order valence-corrected chi connectivity index (χ0v) is 15.0. The number of nitrogens with zero attached hydrogens (tertiary/aromatic N) is 3. The number of nitrogens with one attached hydrogen (secondary N) is 2. The number of carbonyl (C=O) groups excluding carboxylic acids is 2. The average molecular weight is 365 g/mol. The monoisotopic (exact) mass is 365 g/mol. The van der Waals surface area contributed by atoms with Gasteiger partial charge in [0.2, 0.25) is 5.91 Å². The van der Waals surface area contributed by atoms with Gasteiger partial charge in [-0.3, -0.25) is 9.59 Å². The van der Waals surface area contributed by atoms with E-state index in [1.807, 2.05) is 30.3 Å². The van der Waals surface area contributed by atoms with Crippen molar-refractivity contribution in [2.45, 2.75) is 13.5 Å². The van der Waals surface area contributed by atoms with Crippen molar-refractivity contribution in [1.29, 1.82) is 0 Å². The highest BCUT2D eigenvalue weighted by Crippen LogP contribution is 2.28. The predicted molar refractivity (Wildman–Crippen MR) is 101 cm³/mol. The Morgan fingerprint density at radius 1 is 1.11 bits per heavy atom. The van der Waals surface area contributed by atoms with Crippen LogP contribution < -0.4 is 15.4 Å². The number of benzene rings is 2. The summed E-state index contributed by atoms with van der Waals surface area (Å²) in [4.78, 5) is 23.7. The van der Waals surface area contributed by atoms with Gasteiger partial charge in [0.05, 0.1) is 25.5 Å². The summed E-state index contributed by atoms with van der Waals surface area (Å²) in [6.07, 6.45) is 1.58. The fourth-order valence-corrected chi connectivity index (χ4v) is 2.52. The fourth-order valence-electron chi connectivity index (χ4n) is 2.52. The Bertz CT molecular complexity index is 953. The number of rotatable bonds is 6. The molecule has 0 aliphatic carbocycles. The van der Waals surface area contributed by atoms with E-state index in [-0.39, 0.29) is 11.6 Å². The van der Waals surface area contributed by atoms with Crippen LogP contribution in [-0.4, -0.2) is 33.9 Å². The Morgan fingerprint density at radius 2 is 1.89 bits per heavy atom. The van der Waals surface area contributed by atoms with Crippen molar-refractivity contribution in [2.75, 3.05) is 17.7 Å². The summed E-state index contributed by atoms with van der Waals surface area (Å²) in [5.41, 5.74) is 2.20. The van der Waals surface area contributed by atoms with Gasteiger partial charge >= 0.3 is 0 Å². The highest BCUT2D eigenvalue weighted by molar-refractivity contribution is 6.04. The van der Waals surface area contributed by atoms with Gasteiger partial charge in [0, 0.05) is 12.6 Å². The Labute approximate surface area is 156 Å². The number of ether oxygens (including phenoxy) is 1. The molecule has 0 atom stereocenters. The Kier molecular flexibility index (Phi) is 5.46. The summed E-state index contributed by atoms with van der Waals surface area (Å²) < 4.78 is 6.85. The van der Waals surface area contributed by atoms with E-state index in [4.69, 9.17) is 4.74 Å². The Hall–Kier alpha value is -3.68. The third-order valence-electron chi connectivity index (χ3n) is 3.73. The molecular formula is C19H19N5O3. The van der Waals surface area contributed by atoms with Crippen molar-refractivity contribution in [2.24, 2.45) is 0 Å². The van der Waals surface area contributed by atoms with Gasteiger partial charge in [0.1, 0.15) is 5.75 Å². The molecule has 0 saturated heterocycles. The van der Waals surface area contributed by atoms with E-state index in [0.717, 1.165) is 5.56 Å². The van der Waals surface area contributed by atoms with Crippen molar-refractivity contribution < 1.29 is 14.3 Å². The molecule has 3 aromatic rings. The van der Waals surface area contributed by atoms with Crippen molar-refractivity contribution in [3.8, 4) is 5.75 Å². The summed E-state index contributed by atoms with van der Waals surface area (Å²) in [5.74, 6) is -0.164. The quantitative estimate of drug-likeness (QED) is 0.699. The lowest BCUT2D eigenvalue weighted by Crippen LogP contribution is -2.14. The number of hydrogen-bond acceptors (Lipinski definition) is 5. The Morgan fingerprint density at radius 3 is 2.59 bits per heavy atom. The first kappa shape index (κ1) is 18.1. The van der Waals surface area contributed by atoms with Crippen LogP contribution in [0.2, 0.25) is 0 Å². The van der Waals surface area contributed by atoms with Crippen LogP contribution in [0.15, 0.2) is 54.7 Å². The van der Waals surface area contributed by atoms with E-state index in [9.17, 15) is 9.59 Å². The van der Waals surface area contributed by atoms with Crippen LogP contribution in [0.4, 0.5) is 11.4 Å². The van der Waals surface area contributed by atoms with Crippen molar-refractivity contribution in [3.63, 3.8) is 0 Å². The van der Waals surface area contributed by atoms with Crippen LogP contribution in [0.1, 0.15) is 23.0 Å². The molecule has 2 N–H and O–H groups in total. The Balaban J connectivity index is 1.74. The first-order chi connectivity index (χ1) is 13.0. The van der Waals surface area contributed by atoms with E-state index in [1.165, 1.54) is 14.0 Å². The van der Waals surface area contributed by atoms with Crippen LogP contribution in [0.5, 0.6) is 5.75 Å². The highest BCUT2D eigenvalue weighted by atomic mass is 16.5. The molecule has 0 aliphatic rings. The summed E-state index contributed by atoms with van der Waals surface area (Å²) in [6, 6.07) is 14.7. The van der Waals surface area contributed by atoms with Gasteiger partial charge in [-0.2, -0.15) is 0 Å². The smallest absolute Gasteiger partial charge is 0.277 e. The summed E-state index contributed by atoms with van der Waals surface area (Å²) in [7, 11) is 1.50. The van der Waals surface area contributed by atoms with E-state index in [1.54, 1.807) is 29.1 Å². The van der Waals surface area contributed by atoms with Crippen molar-refractivity contribution in [3.05, 3.63) is 66.0 Å². The number of aromatic nitrogens is 3. The van der Waals surface area contributed by atoms with Gasteiger partial charge in [-0.25, -0.2) is 4.68 Å². The summed E-state index contributed by atoms with van der Waals surface area (Å²) >= 11 is 0. The molecule has 8 heteroatoms. The molecule has 2 aromatic carbocycles. The molecule has 0 radical (unpaired) electrons. The van der Waals surface area contributed by atoms with E-state index < -0.39 is 5.91 Å². The molecule has 138 valence electrons. The average Bonchev–Trinajstić information content (AvgIpc) is 3.11. The van der Waals surface area contributed by atoms with E-state index in [2.05, 4.69) is 20.9 Å². The van der Waals surface area contributed by atoms with Crippen LogP contribution in [0.25, 0.3) is 0 Å². The van der Waals surface area contributed by atoms with Gasteiger partial charge < -0.3 is 15.4 Å². The molecule has 1 heterocycles. The van der Waals surface area contributed by atoms with Crippen LogP contribution >= 0.6 is 0 Å². The highest BCUT2D eigenvalue weighted by Gasteiger charge is 2.14. The minimum absolute atomic E-state index is 0.179. The second-order valence-corrected chi connectivity index (χ2v) is 5.84. The third-order valence-corrected chi connectivity index (χ3v) is 3.73. The SMILES string of the molecule is COc1ccc(NC(C)=O)cc1NC(=O)c1cn(Cc2ccccc2)nn1. The predicted octanol–water partition coefficient (Wildman–Crippen LogP) is 2.55. The second-order valence-electron chi connectivity index (χ2n) is 5.84. The standard InChI is InChI=1S/C19H19N5O3/c1-13(25)20-15-8-9-18(27-2)16(10-15)21-19(26)17-12-24(23-22-17)11-14-6-4-3-5-7-14/h3-10,12H,11H2,1-2H3,(H,20,25)(H,21,26). The molecule has 0 saturated carbocycles. The lowest BCUT2D eigenvalue weighted by Gasteiger charge is -2.11. The molecule has 0 aliphatic heterocycles. The number of anilines is 2. The zero-order chi connectivity index (χ0) is 19.2. The number of carbonyl (C=O) groups is 2.